The molecule has 2 N–H and O–H groups in total. The molecule has 0 aliphatic rings. The lowest BCUT2D eigenvalue weighted by Crippen LogP contribution is -2.13. The van der Waals surface area contributed by atoms with E-state index in [2.05, 4.69) is 10.3 Å². The summed E-state index contributed by atoms with van der Waals surface area (Å²) in [6.07, 6.45) is 2.49. The van der Waals surface area contributed by atoms with Gasteiger partial charge in [0.1, 0.15) is 6.61 Å². The van der Waals surface area contributed by atoms with Gasteiger partial charge in [-0.25, -0.2) is 4.79 Å². The molecule has 1 heterocycles. The Labute approximate surface area is 198 Å². The van der Waals surface area contributed by atoms with Crippen LogP contribution in [-0.2, 0) is 32.1 Å². The van der Waals surface area contributed by atoms with Gasteiger partial charge in [-0.05, 0) is 61.2 Å². The smallest absolute Gasteiger partial charge is 0.411 e. The van der Waals surface area contributed by atoms with Crippen LogP contribution in [0.3, 0.4) is 0 Å². The van der Waals surface area contributed by atoms with Gasteiger partial charge in [0.2, 0.25) is 0 Å². The van der Waals surface area contributed by atoms with Gasteiger partial charge in [0.05, 0.1) is 11.5 Å². The number of aromatic amines is 1. The van der Waals surface area contributed by atoms with Crippen LogP contribution in [0, 0.1) is 6.92 Å². The van der Waals surface area contributed by atoms with Crippen molar-refractivity contribution < 1.29 is 22.1 Å². The first-order valence-electron chi connectivity index (χ1n) is 10.9. The number of anilines is 1. The van der Waals surface area contributed by atoms with E-state index >= 15 is 0 Å². The molecule has 3 aromatic carbocycles. The fourth-order valence-corrected chi connectivity index (χ4v) is 4.49. The lowest BCUT2D eigenvalue weighted by molar-refractivity contribution is 0.155. The second-order valence-corrected chi connectivity index (χ2v) is 9.57. The van der Waals surface area contributed by atoms with Crippen LogP contribution in [-0.4, -0.2) is 26.1 Å². The minimum atomic E-state index is -3.78. The predicted octanol–water partition coefficient (Wildman–Crippen LogP) is 5.56. The number of benzene rings is 3. The summed E-state index contributed by atoms with van der Waals surface area (Å²) in [5, 5.41) is 3.70. The number of aromatic nitrogens is 1. The molecule has 0 aliphatic heterocycles. The van der Waals surface area contributed by atoms with E-state index in [-0.39, 0.29) is 18.1 Å². The first-order valence-corrected chi connectivity index (χ1v) is 12.4. The summed E-state index contributed by atoms with van der Waals surface area (Å²) < 4.78 is 35.1. The van der Waals surface area contributed by atoms with Crippen LogP contribution in [0.5, 0.6) is 0 Å². The Morgan fingerprint density at radius 1 is 1.00 bits per heavy atom. The molecule has 1 aromatic heterocycles. The zero-order valence-electron chi connectivity index (χ0n) is 18.8. The quantitative estimate of drug-likeness (QED) is 0.242. The van der Waals surface area contributed by atoms with Crippen LogP contribution in [0.4, 0.5) is 10.5 Å². The van der Waals surface area contributed by atoms with Crippen molar-refractivity contribution in [1.82, 2.24) is 4.98 Å². The van der Waals surface area contributed by atoms with Crippen molar-refractivity contribution in [3.05, 3.63) is 95.7 Å². The molecule has 7 nitrogen and oxygen atoms in total. The van der Waals surface area contributed by atoms with Gasteiger partial charge in [-0.15, -0.1) is 0 Å². The number of ether oxygens (including phenoxy) is 1. The Morgan fingerprint density at radius 3 is 2.53 bits per heavy atom. The third-order valence-corrected chi connectivity index (χ3v) is 6.69. The second-order valence-electron chi connectivity index (χ2n) is 7.95. The van der Waals surface area contributed by atoms with Gasteiger partial charge < -0.3 is 9.72 Å². The lowest BCUT2D eigenvalue weighted by Gasteiger charge is -2.08. The Morgan fingerprint density at radius 2 is 1.76 bits per heavy atom. The Kier molecular flexibility index (Phi) is 7.30. The Balaban J connectivity index is 1.32. The molecule has 0 aliphatic carbocycles. The van der Waals surface area contributed by atoms with E-state index in [0.29, 0.717) is 18.5 Å². The number of fused-ring (bicyclic) bond motifs is 1. The molecule has 0 bridgehead atoms. The van der Waals surface area contributed by atoms with E-state index in [1.807, 2.05) is 55.6 Å². The van der Waals surface area contributed by atoms with Crippen molar-refractivity contribution >= 4 is 32.8 Å². The van der Waals surface area contributed by atoms with Crippen LogP contribution < -0.4 is 5.32 Å². The maximum atomic E-state index is 12.3. The van der Waals surface area contributed by atoms with Gasteiger partial charge in [0.15, 0.2) is 0 Å². The van der Waals surface area contributed by atoms with Crippen LogP contribution in [0.25, 0.3) is 10.9 Å². The van der Waals surface area contributed by atoms with Crippen LogP contribution >= 0.6 is 0 Å². The van der Waals surface area contributed by atoms with Crippen molar-refractivity contribution in [1.29, 1.82) is 0 Å². The van der Waals surface area contributed by atoms with Crippen molar-refractivity contribution in [2.45, 2.75) is 31.3 Å². The minimum absolute atomic E-state index is 0.0760. The number of H-pyrrole nitrogens is 1. The summed E-state index contributed by atoms with van der Waals surface area (Å²) in [4.78, 5) is 15.5. The number of amides is 1. The van der Waals surface area contributed by atoms with Gasteiger partial charge >= 0.3 is 6.09 Å². The molecule has 176 valence electrons. The number of nitrogens with one attached hydrogen (secondary N) is 2. The number of carbonyl (C=O) groups excluding carboxylic acids is 1. The molecular formula is C26H26N2O5S. The average molecular weight is 479 g/mol. The zero-order chi connectivity index (χ0) is 24.0. The van der Waals surface area contributed by atoms with E-state index in [1.165, 1.54) is 0 Å². The highest BCUT2D eigenvalue weighted by Gasteiger charge is 2.15. The third-order valence-electron chi connectivity index (χ3n) is 5.37. The topological polar surface area (TPSA) is 97.5 Å². The highest BCUT2D eigenvalue weighted by molar-refractivity contribution is 7.86. The molecule has 34 heavy (non-hydrogen) atoms. The highest BCUT2D eigenvalue weighted by atomic mass is 32.2. The molecule has 8 heteroatoms. The van der Waals surface area contributed by atoms with Crippen LogP contribution in [0.15, 0.2) is 83.9 Å². The molecule has 0 saturated heterocycles. The number of hydrogen-bond donors (Lipinski definition) is 2. The van der Waals surface area contributed by atoms with Gasteiger partial charge in [0, 0.05) is 22.8 Å². The van der Waals surface area contributed by atoms with Gasteiger partial charge in [-0.1, -0.05) is 48.0 Å². The molecule has 0 radical (unpaired) electrons. The number of carbonyl (C=O) groups is 1. The fourth-order valence-electron chi connectivity index (χ4n) is 3.54. The van der Waals surface area contributed by atoms with Crippen LogP contribution in [0.1, 0.15) is 23.1 Å². The van der Waals surface area contributed by atoms with E-state index in [1.54, 1.807) is 30.3 Å². The molecule has 4 rings (SSSR count). The number of hydrogen-bond acceptors (Lipinski definition) is 5. The normalized spacial score (nSPS) is 11.4. The van der Waals surface area contributed by atoms with Crippen molar-refractivity contribution in [2.24, 2.45) is 0 Å². The SMILES string of the molecule is Cc1ccc(S(=O)(=O)OCCCc2c[nH]c3ccc(NC(=O)OCc4ccccc4)cc23)cc1. The minimum Gasteiger partial charge on any atom is -0.444 e. The summed E-state index contributed by atoms with van der Waals surface area (Å²) in [6, 6.07) is 21.6. The van der Waals surface area contributed by atoms with Crippen molar-refractivity contribution in [3.8, 4) is 0 Å². The Bertz CT molecular complexity index is 1360. The van der Waals surface area contributed by atoms with E-state index in [4.69, 9.17) is 8.92 Å². The molecule has 1 amide bonds. The molecule has 0 saturated carbocycles. The fraction of sp³-hybridized carbons (Fsp3) is 0.192. The second kappa shape index (κ2) is 10.5. The third kappa shape index (κ3) is 6.03. The largest absolute Gasteiger partial charge is 0.444 e. The average Bonchev–Trinajstić information content (AvgIpc) is 3.24. The van der Waals surface area contributed by atoms with Crippen molar-refractivity contribution in [2.75, 3.05) is 11.9 Å². The van der Waals surface area contributed by atoms with E-state index in [0.717, 1.165) is 27.6 Å². The van der Waals surface area contributed by atoms with Crippen LogP contribution in [0.2, 0.25) is 0 Å². The highest BCUT2D eigenvalue weighted by Crippen LogP contribution is 2.24. The first-order chi connectivity index (χ1) is 16.4. The summed E-state index contributed by atoms with van der Waals surface area (Å²) in [5.74, 6) is 0. The molecular weight excluding hydrogens is 452 g/mol. The summed E-state index contributed by atoms with van der Waals surface area (Å²) in [6.45, 7) is 2.16. The first kappa shape index (κ1) is 23.5. The lowest BCUT2D eigenvalue weighted by atomic mass is 10.1. The van der Waals surface area contributed by atoms with E-state index < -0.39 is 16.2 Å². The van der Waals surface area contributed by atoms with Gasteiger partial charge in [0.25, 0.3) is 10.1 Å². The zero-order valence-corrected chi connectivity index (χ0v) is 19.6. The summed E-state index contributed by atoms with van der Waals surface area (Å²) in [7, 11) is -3.78. The molecule has 0 fully saturated rings. The molecule has 4 aromatic rings. The standard InChI is InChI=1S/C26H26N2O5S/c1-19-9-12-23(13-10-19)34(30,31)33-15-5-8-21-17-27-25-14-11-22(16-24(21)25)28-26(29)32-18-20-6-3-2-4-7-20/h2-4,6-7,9-14,16-17,27H,5,8,15,18H2,1H3,(H,28,29). The molecule has 0 unspecified atom stereocenters. The van der Waals surface area contributed by atoms with Gasteiger partial charge in [-0.3, -0.25) is 9.50 Å². The maximum Gasteiger partial charge on any atom is 0.411 e. The van der Waals surface area contributed by atoms with Gasteiger partial charge in [-0.2, -0.15) is 8.42 Å². The maximum absolute atomic E-state index is 12.3. The molecule has 0 atom stereocenters. The predicted molar refractivity (Wildman–Crippen MR) is 131 cm³/mol. The number of rotatable bonds is 9. The summed E-state index contributed by atoms with van der Waals surface area (Å²) >= 11 is 0. The monoisotopic (exact) mass is 478 g/mol. The number of aryl methyl sites for hydroxylation is 2. The van der Waals surface area contributed by atoms with E-state index in [9.17, 15) is 13.2 Å². The molecule has 0 spiro atoms. The Hall–Kier alpha value is -3.62. The van der Waals surface area contributed by atoms with Crippen molar-refractivity contribution in [3.63, 3.8) is 0 Å². The summed E-state index contributed by atoms with van der Waals surface area (Å²) in [5.41, 5.74) is 4.44.